The second-order valence-electron chi connectivity index (χ2n) is 6.44. The van der Waals surface area contributed by atoms with Crippen molar-refractivity contribution in [3.05, 3.63) is 35.9 Å². The highest BCUT2D eigenvalue weighted by atomic mass is 16.2. The van der Waals surface area contributed by atoms with Gasteiger partial charge in [-0.3, -0.25) is 9.59 Å². The lowest BCUT2D eigenvalue weighted by atomic mass is 9.94. The standard InChI is InChI=1S/C18H24N2O2/c21-17-11-15(13-20(17)16-9-5-2-6-10-16)18(22)19-12-14-7-3-1-4-8-14/h1,3-4,7-8,15-16H,2,5-6,9-13H2,(H,19,22). The topological polar surface area (TPSA) is 49.4 Å². The molecular weight excluding hydrogens is 276 g/mol. The number of carbonyl (C=O) groups is 2. The van der Waals surface area contributed by atoms with Crippen LogP contribution >= 0.6 is 0 Å². The molecule has 2 amide bonds. The smallest absolute Gasteiger partial charge is 0.225 e. The molecule has 3 rings (SSSR count). The number of carbonyl (C=O) groups excluding carboxylic acids is 2. The lowest BCUT2D eigenvalue weighted by molar-refractivity contribution is -0.130. The fraction of sp³-hybridized carbons (Fsp3) is 0.556. The first-order valence-corrected chi connectivity index (χ1v) is 8.35. The molecule has 4 heteroatoms. The molecule has 2 fully saturated rings. The maximum Gasteiger partial charge on any atom is 0.225 e. The van der Waals surface area contributed by atoms with Crippen molar-refractivity contribution in [2.24, 2.45) is 5.92 Å². The Hall–Kier alpha value is -1.84. The molecule has 1 aliphatic carbocycles. The van der Waals surface area contributed by atoms with Gasteiger partial charge >= 0.3 is 0 Å². The van der Waals surface area contributed by atoms with Gasteiger partial charge in [0.15, 0.2) is 0 Å². The van der Waals surface area contributed by atoms with E-state index in [1.807, 2.05) is 35.2 Å². The van der Waals surface area contributed by atoms with E-state index < -0.39 is 0 Å². The Morgan fingerprint density at radius 1 is 1.14 bits per heavy atom. The second-order valence-corrected chi connectivity index (χ2v) is 6.44. The monoisotopic (exact) mass is 300 g/mol. The van der Waals surface area contributed by atoms with E-state index in [2.05, 4.69) is 5.32 Å². The third-order valence-electron chi connectivity index (χ3n) is 4.85. The van der Waals surface area contributed by atoms with Crippen molar-refractivity contribution in [3.8, 4) is 0 Å². The van der Waals surface area contributed by atoms with Crippen LogP contribution in [0.4, 0.5) is 0 Å². The van der Waals surface area contributed by atoms with Crippen molar-refractivity contribution in [1.82, 2.24) is 10.2 Å². The van der Waals surface area contributed by atoms with Gasteiger partial charge in [-0.1, -0.05) is 49.6 Å². The zero-order valence-corrected chi connectivity index (χ0v) is 13.0. The van der Waals surface area contributed by atoms with Crippen LogP contribution < -0.4 is 5.32 Å². The average molecular weight is 300 g/mol. The number of rotatable bonds is 4. The Morgan fingerprint density at radius 3 is 2.59 bits per heavy atom. The van der Waals surface area contributed by atoms with Crippen molar-refractivity contribution in [2.75, 3.05) is 6.54 Å². The van der Waals surface area contributed by atoms with Crippen LogP contribution in [0.2, 0.25) is 0 Å². The molecule has 1 aliphatic heterocycles. The summed E-state index contributed by atoms with van der Waals surface area (Å²) in [4.78, 5) is 26.5. The summed E-state index contributed by atoms with van der Waals surface area (Å²) in [5.41, 5.74) is 1.09. The number of hydrogen-bond acceptors (Lipinski definition) is 2. The van der Waals surface area contributed by atoms with E-state index in [1.54, 1.807) is 0 Å². The largest absolute Gasteiger partial charge is 0.352 e. The number of likely N-dealkylation sites (tertiary alicyclic amines) is 1. The quantitative estimate of drug-likeness (QED) is 0.928. The van der Waals surface area contributed by atoms with Crippen molar-refractivity contribution in [3.63, 3.8) is 0 Å². The third-order valence-corrected chi connectivity index (χ3v) is 4.85. The van der Waals surface area contributed by atoms with Gasteiger partial charge in [0.2, 0.25) is 11.8 Å². The van der Waals surface area contributed by atoms with E-state index in [0.29, 0.717) is 25.6 Å². The SMILES string of the molecule is O=C(NCc1ccccc1)C1CC(=O)N(C2CCCCC2)C1. The maximum absolute atomic E-state index is 12.3. The van der Waals surface area contributed by atoms with Crippen molar-refractivity contribution >= 4 is 11.8 Å². The first kappa shape index (κ1) is 15.1. The van der Waals surface area contributed by atoms with Gasteiger partial charge in [0.05, 0.1) is 5.92 Å². The summed E-state index contributed by atoms with van der Waals surface area (Å²) >= 11 is 0. The van der Waals surface area contributed by atoms with Crippen LogP contribution in [-0.2, 0) is 16.1 Å². The Balaban J connectivity index is 1.52. The van der Waals surface area contributed by atoms with E-state index >= 15 is 0 Å². The Morgan fingerprint density at radius 2 is 1.86 bits per heavy atom. The van der Waals surface area contributed by atoms with Gasteiger partial charge < -0.3 is 10.2 Å². The number of nitrogens with zero attached hydrogens (tertiary/aromatic N) is 1. The van der Waals surface area contributed by atoms with Crippen LogP contribution in [0, 0.1) is 5.92 Å². The summed E-state index contributed by atoms with van der Waals surface area (Å²) in [5.74, 6) is -0.0135. The summed E-state index contributed by atoms with van der Waals surface area (Å²) in [6.07, 6.45) is 6.27. The van der Waals surface area contributed by atoms with Gasteiger partial charge in [0.1, 0.15) is 0 Å². The molecule has 118 valence electrons. The van der Waals surface area contributed by atoms with E-state index in [4.69, 9.17) is 0 Å². The molecule has 0 bridgehead atoms. The van der Waals surface area contributed by atoms with Gasteiger partial charge in [0, 0.05) is 25.6 Å². The minimum Gasteiger partial charge on any atom is -0.352 e. The number of benzene rings is 1. The Bertz CT molecular complexity index is 523. The molecule has 1 saturated carbocycles. The summed E-state index contributed by atoms with van der Waals surface area (Å²) in [6.45, 7) is 1.14. The maximum atomic E-state index is 12.3. The molecule has 1 N–H and O–H groups in total. The molecule has 1 heterocycles. The van der Waals surface area contributed by atoms with E-state index in [-0.39, 0.29) is 17.7 Å². The third kappa shape index (κ3) is 3.49. The highest BCUT2D eigenvalue weighted by molar-refractivity contribution is 5.89. The molecule has 1 aromatic carbocycles. The van der Waals surface area contributed by atoms with Gasteiger partial charge in [0.25, 0.3) is 0 Å². The Labute approximate surface area is 131 Å². The van der Waals surface area contributed by atoms with Crippen LogP contribution in [0.3, 0.4) is 0 Å². The summed E-state index contributed by atoms with van der Waals surface area (Å²) in [7, 11) is 0. The van der Waals surface area contributed by atoms with Crippen LogP contribution in [0.1, 0.15) is 44.1 Å². The van der Waals surface area contributed by atoms with Crippen molar-refractivity contribution < 1.29 is 9.59 Å². The van der Waals surface area contributed by atoms with Gasteiger partial charge in [-0.15, -0.1) is 0 Å². The Kier molecular flexibility index (Phi) is 4.76. The predicted octanol–water partition coefficient (Wildman–Crippen LogP) is 2.48. The lowest BCUT2D eigenvalue weighted by Gasteiger charge is -2.31. The molecule has 1 unspecified atom stereocenters. The van der Waals surface area contributed by atoms with Crippen molar-refractivity contribution in [1.29, 1.82) is 0 Å². The second kappa shape index (κ2) is 6.95. The number of hydrogen-bond donors (Lipinski definition) is 1. The number of nitrogens with one attached hydrogen (secondary N) is 1. The molecule has 1 atom stereocenters. The molecule has 0 aromatic heterocycles. The zero-order chi connectivity index (χ0) is 15.4. The van der Waals surface area contributed by atoms with E-state index in [1.165, 1.54) is 19.3 Å². The molecule has 22 heavy (non-hydrogen) atoms. The molecule has 1 aromatic rings. The van der Waals surface area contributed by atoms with E-state index in [9.17, 15) is 9.59 Å². The van der Waals surface area contributed by atoms with Crippen molar-refractivity contribution in [2.45, 2.75) is 51.1 Å². The van der Waals surface area contributed by atoms with E-state index in [0.717, 1.165) is 18.4 Å². The van der Waals surface area contributed by atoms with Crippen LogP contribution in [0.15, 0.2) is 30.3 Å². The first-order valence-electron chi connectivity index (χ1n) is 8.35. The van der Waals surface area contributed by atoms with Crippen LogP contribution in [0.25, 0.3) is 0 Å². The molecule has 2 aliphatic rings. The van der Waals surface area contributed by atoms with Gasteiger partial charge in [-0.25, -0.2) is 0 Å². The predicted molar refractivity (Wildman–Crippen MR) is 85.0 cm³/mol. The minimum absolute atomic E-state index is 0.00973. The van der Waals surface area contributed by atoms with Gasteiger partial charge in [-0.05, 0) is 18.4 Å². The summed E-state index contributed by atoms with van der Waals surface area (Å²) in [6, 6.07) is 10.2. The fourth-order valence-corrected chi connectivity index (χ4v) is 3.58. The minimum atomic E-state index is -0.182. The molecule has 4 nitrogen and oxygen atoms in total. The average Bonchev–Trinajstić information content (AvgIpc) is 2.96. The molecule has 0 radical (unpaired) electrons. The molecule has 0 spiro atoms. The highest BCUT2D eigenvalue weighted by Crippen LogP contribution is 2.28. The van der Waals surface area contributed by atoms with Crippen LogP contribution in [0.5, 0.6) is 0 Å². The fourth-order valence-electron chi connectivity index (χ4n) is 3.58. The first-order chi connectivity index (χ1) is 10.7. The van der Waals surface area contributed by atoms with Crippen LogP contribution in [-0.4, -0.2) is 29.3 Å². The zero-order valence-electron chi connectivity index (χ0n) is 13.0. The highest BCUT2D eigenvalue weighted by Gasteiger charge is 2.37. The molecule has 1 saturated heterocycles. The lowest BCUT2D eigenvalue weighted by Crippen LogP contribution is -2.39. The summed E-state index contributed by atoms with van der Waals surface area (Å²) < 4.78 is 0. The number of amides is 2. The summed E-state index contributed by atoms with van der Waals surface area (Å²) in [5, 5.41) is 2.97. The normalized spacial score (nSPS) is 22.8. The molecular formula is C18H24N2O2. The van der Waals surface area contributed by atoms with Gasteiger partial charge in [-0.2, -0.15) is 0 Å².